The number of nitrogens with zero attached hydrogens (tertiary/aromatic N) is 2. The van der Waals surface area contributed by atoms with Gasteiger partial charge in [-0.3, -0.25) is 0 Å². The molecular formula is C20H24N2O4. The predicted molar refractivity (Wildman–Crippen MR) is 96.4 cm³/mol. The summed E-state index contributed by atoms with van der Waals surface area (Å²) in [7, 11) is 1.41. The van der Waals surface area contributed by atoms with E-state index in [4.69, 9.17) is 9.47 Å². The average molecular weight is 356 g/mol. The van der Waals surface area contributed by atoms with Crippen molar-refractivity contribution in [1.29, 1.82) is 0 Å². The molecule has 138 valence electrons. The van der Waals surface area contributed by atoms with Crippen molar-refractivity contribution in [3.8, 4) is 0 Å². The first-order valence-corrected chi connectivity index (χ1v) is 9.22. The summed E-state index contributed by atoms with van der Waals surface area (Å²) < 4.78 is 10.5. The number of carbonyl (C=O) groups excluding carboxylic acids is 2. The molecule has 0 spiro atoms. The minimum absolute atomic E-state index is 0.0225. The fourth-order valence-corrected chi connectivity index (χ4v) is 4.40. The molecule has 0 saturated carbocycles. The van der Waals surface area contributed by atoms with Gasteiger partial charge < -0.3 is 19.3 Å². The number of carbonyl (C=O) groups is 2. The first-order valence-electron chi connectivity index (χ1n) is 9.22. The van der Waals surface area contributed by atoms with Crippen LogP contribution in [0.25, 0.3) is 5.57 Å². The van der Waals surface area contributed by atoms with Crippen LogP contribution >= 0.6 is 0 Å². The Bertz CT molecular complexity index is 725. The number of rotatable bonds is 2. The summed E-state index contributed by atoms with van der Waals surface area (Å²) in [6, 6.07) is 9.93. The third kappa shape index (κ3) is 2.88. The minimum Gasteiger partial charge on any atom is -0.466 e. The van der Waals surface area contributed by atoms with Crippen molar-refractivity contribution >= 4 is 17.6 Å². The highest BCUT2D eigenvalue weighted by Gasteiger charge is 2.47. The van der Waals surface area contributed by atoms with E-state index in [0.717, 1.165) is 24.0 Å². The SMILES string of the molecule is COC(=O)C1=C(c2ccccc2)C[C@@H]2CC[C@H]1N2C(=O)N1CCOCC1. The van der Waals surface area contributed by atoms with Crippen LogP contribution in [0.5, 0.6) is 0 Å². The standard InChI is InChI=1S/C20H24N2O4/c1-25-19(23)18-16(14-5-3-2-4-6-14)13-15-7-8-17(18)22(15)20(24)21-9-11-26-12-10-21/h2-6,15,17H,7-13H2,1H3/t15-,17+/m0/s1. The van der Waals surface area contributed by atoms with E-state index in [1.807, 2.05) is 40.1 Å². The number of benzene rings is 1. The van der Waals surface area contributed by atoms with Gasteiger partial charge >= 0.3 is 12.0 Å². The summed E-state index contributed by atoms with van der Waals surface area (Å²) in [6.07, 6.45) is 2.42. The van der Waals surface area contributed by atoms with Crippen LogP contribution in [0.1, 0.15) is 24.8 Å². The largest absolute Gasteiger partial charge is 0.466 e. The number of amides is 2. The molecule has 2 saturated heterocycles. The Hall–Kier alpha value is -2.34. The van der Waals surface area contributed by atoms with Gasteiger partial charge in [-0.2, -0.15) is 0 Å². The highest BCUT2D eigenvalue weighted by Crippen LogP contribution is 2.43. The zero-order valence-electron chi connectivity index (χ0n) is 15.0. The second-order valence-electron chi connectivity index (χ2n) is 6.99. The van der Waals surface area contributed by atoms with Gasteiger partial charge in [0.15, 0.2) is 0 Å². The molecule has 26 heavy (non-hydrogen) atoms. The van der Waals surface area contributed by atoms with Gasteiger partial charge in [0.25, 0.3) is 0 Å². The molecule has 4 rings (SSSR count). The maximum atomic E-state index is 13.1. The number of ether oxygens (including phenoxy) is 2. The first-order chi connectivity index (χ1) is 12.7. The molecule has 0 unspecified atom stereocenters. The number of hydrogen-bond acceptors (Lipinski definition) is 4. The minimum atomic E-state index is -0.325. The van der Waals surface area contributed by atoms with Gasteiger partial charge in [0.2, 0.25) is 0 Å². The summed E-state index contributed by atoms with van der Waals surface area (Å²) in [6.45, 7) is 2.36. The zero-order chi connectivity index (χ0) is 18.1. The second kappa shape index (κ2) is 7.11. The number of hydrogen-bond donors (Lipinski definition) is 0. The van der Waals surface area contributed by atoms with Crippen molar-refractivity contribution < 1.29 is 19.1 Å². The van der Waals surface area contributed by atoms with E-state index < -0.39 is 0 Å². The van der Waals surface area contributed by atoms with Gasteiger partial charge in [-0.15, -0.1) is 0 Å². The molecule has 0 N–H and O–H groups in total. The lowest BCUT2D eigenvalue weighted by atomic mass is 9.88. The number of esters is 1. The van der Waals surface area contributed by atoms with Crippen LogP contribution in [0.2, 0.25) is 0 Å². The zero-order valence-corrected chi connectivity index (χ0v) is 15.0. The second-order valence-corrected chi connectivity index (χ2v) is 6.99. The van der Waals surface area contributed by atoms with Crippen LogP contribution in [0.3, 0.4) is 0 Å². The van der Waals surface area contributed by atoms with Crippen molar-refractivity contribution in [2.45, 2.75) is 31.3 Å². The van der Waals surface area contributed by atoms with Gasteiger partial charge in [0, 0.05) is 19.1 Å². The highest BCUT2D eigenvalue weighted by atomic mass is 16.5. The Morgan fingerprint density at radius 1 is 1.12 bits per heavy atom. The molecule has 3 aliphatic rings. The van der Waals surface area contributed by atoms with Crippen molar-refractivity contribution in [1.82, 2.24) is 9.80 Å². The smallest absolute Gasteiger partial charge is 0.336 e. The normalized spacial score (nSPS) is 25.4. The molecule has 2 bridgehead atoms. The number of urea groups is 1. The van der Waals surface area contributed by atoms with Gasteiger partial charge in [0.1, 0.15) is 0 Å². The van der Waals surface area contributed by atoms with Crippen LogP contribution in [0.4, 0.5) is 4.79 Å². The van der Waals surface area contributed by atoms with E-state index in [9.17, 15) is 9.59 Å². The first kappa shape index (κ1) is 17.1. The molecule has 6 nitrogen and oxygen atoms in total. The number of methoxy groups -OCH3 is 1. The predicted octanol–water partition coefficient (Wildman–Crippen LogP) is 2.30. The lowest BCUT2D eigenvalue weighted by Crippen LogP contribution is -2.54. The summed E-state index contributed by atoms with van der Waals surface area (Å²) in [5, 5.41) is 0. The topological polar surface area (TPSA) is 59.1 Å². The third-order valence-corrected chi connectivity index (χ3v) is 5.63. The Morgan fingerprint density at radius 2 is 1.85 bits per heavy atom. The van der Waals surface area contributed by atoms with E-state index in [1.165, 1.54) is 7.11 Å². The summed E-state index contributed by atoms with van der Waals surface area (Å²) >= 11 is 0. The fourth-order valence-electron chi connectivity index (χ4n) is 4.40. The maximum Gasteiger partial charge on any atom is 0.336 e. The van der Waals surface area contributed by atoms with E-state index in [2.05, 4.69) is 0 Å². The average Bonchev–Trinajstić information content (AvgIpc) is 3.01. The number of fused-ring (bicyclic) bond motifs is 2. The molecule has 6 heteroatoms. The molecule has 1 aromatic carbocycles. The van der Waals surface area contributed by atoms with E-state index in [-0.39, 0.29) is 24.1 Å². The summed E-state index contributed by atoms with van der Waals surface area (Å²) in [5.41, 5.74) is 2.72. The molecule has 3 aliphatic heterocycles. The molecule has 0 aromatic heterocycles. The maximum absolute atomic E-state index is 13.1. The van der Waals surface area contributed by atoms with Crippen molar-refractivity contribution in [3.05, 3.63) is 41.5 Å². The van der Waals surface area contributed by atoms with E-state index in [1.54, 1.807) is 0 Å². The van der Waals surface area contributed by atoms with Crippen LogP contribution in [0, 0.1) is 0 Å². The Balaban J connectivity index is 1.70. The molecule has 0 aliphatic carbocycles. The molecule has 2 atom stereocenters. The molecular weight excluding hydrogens is 332 g/mol. The Morgan fingerprint density at radius 3 is 2.54 bits per heavy atom. The lowest BCUT2D eigenvalue weighted by Gasteiger charge is -2.41. The molecule has 2 fully saturated rings. The third-order valence-electron chi connectivity index (χ3n) is 5.63. The van der Waals surface area contributed by atoms with Crippen LogP contribution < -0.4 is 0 Å². The molecule has 1 aromatic rings. The Labute approximate surface area is 153 Å². The summed E-state index contributed by atoms with van der Waals surface area (Å²) in [4.78, 5) is 29.5. The van der Waals surface area contributed by atoms with Gasteiger partial charge in [-0.25, -0.2) is 9.59 Å². The fraction of sp³-hybridized carbons (Fsp3) is 0.500. The van der Waals surface area contributed by atoms with Gasteiger partial charge in [-0.1, -0.05) is 30.3 Å². The summed E-state index contributed by atoms with van der Waals surface area (Å²) in [5.74, 6) is -0.325. The van der Waals surface area contributed by atoms with Crippen LogP contribution in [-0.2, 0) is 14.3 Å². The Kier molecular flexibility index (Phi) is 4.68. The van der Waals surface area contributed by atoms with Crippen LogP contribution in [-0.4, -0.2) is 67.3 Å². The van der Waals surface area contributed by atoms with E-state index in [0.29, 0.717) is 38.3 Å². The van der Waals surface area contributed by atoms with Crippen LogP contribution in [0.15, 0.2) is 35.9 Å². The number of morpholine rings is 1. The molecule has 3 heterocycles. The van der Waals surface area contributed by atoms with Gasteiger partial charge in [-0.05, 0) is 30.4 Å². The van der Waals surface area contributed by atoms with Crippen molar-refractivity contribution in [3.63, 3.8) is 0 Å². The van der Waals surface area contributed by atoms with Crippen molar-refractivity contribution in [2.75, 3.05) is 33.4 Å². The van der Waals surface area contributed by atoms with Crippen molar-refractivity contribution in [2.24, 2.45) is 0 Å². The lowest BCUT2D eigenvalue weighted by molar-refractivity contribution is -0.136. The van der Waals surface area contributed by atoms with Gasteiger partial charge in [0.05, 0.1) is 31.9 Å². The highest BCUT2D eigenvalue weighted by molar-refractivity contribution is 6.01. The molecule has 0 radical (unpaired) electrons. The molecule has 2 amide bonds. The monoisotopic (exact) mass is 356 g/mol. The van der Waals surface area contributed by atoms with E-state index >= 15 is 0 Å². The quantitative estimate of drug-likeness (QED) is 0.763.